The molecule has 1 aliphatic heterocycles. The van der Waals surface area contributed by atoms with Crippen LogP contribution in [0.15, 0.2) is 96.1 Å². The van der Waals surface area contributed by atoms with Crippen LogP contribution in [0.1, 0.15) is 67.3 Å². The predicted octanol–water partition coefficient (Wildman–Crippen LogP) is 5.05. The number of hydrogen-bond donors (Lipinski definition) is 0. The number of halogens is 2. The van der Waals surface area contributed by atoms with Gasteiger partial charge in [0.15, 0.2) is 0 Å². The quantitative estimate of drug-likeness (QED) is 0.273. The minimum atomic E-state index is -2.65. The summed E-state index contributed by atoms with van der Waals surface area (Å²) in [4.78, 5) is 0. The molecule has 0 aromatic heterocycles. The molecule has 1 heterocycles. The Morgan fingerprint density at radius 1 is 0.561 bits per heavy atom. The number of fused-ring (bicyclic) bond motifs is 2. The number of hydrogen-bond acceptors (Lipinski definition) is 0. The van der Waals surface area contributed by atoms with Gasteiger partial charge in [-0.3, -0.25) is 0 Å². The largest absolute Gasteiger partial charge is 1.00 e. The van der Waals surface area contributed by atoms with Gasteiger partial charge in [0.1, 0.15) is 0 Å². The summed E-state index contributed by atoms with van der Waals surface area (Å²) >= 11 is -2.65. The third kappa shape index (κ3) is 4.97. The third-order valence-corrected chi connectivity index (χ3v) is 22.9. The number of rotatable bonds is 6. The second-order valence-electron chi connectivity index (χ2n) is 12.1. The Balaban J connectivity index is 0.00000169. The maximum absolute atomic E-state index is 2.65. The van der Waals surface area contributed by atoms with Gasteiger partial charge in [-0.2, -0.15) is 0 Å². The molecule has 2 aliphatic carbocycles. The average molecular weight is 657 g/mol. The molecule has 0 amide bonds. The van der Waals surface area contributed by atoms with Gasteiger partial charge in [0.25, 0.3) is 0 Å². The Morgan fingerprint density at radius 2 is 0.951 bits per heavy atom. The van der Waals surface area contributed by atoms with Crippen molar-refractivity contribution in [3.05, 3.63) is 129 Å². The van der Waals surface area contributed by atoms with Crippen LogP contribution in [0.2, 0.25) is 8.26 Å². The molecule has 4 aromatic carbocycles. The van der Waals surface area contributed by atoms with E-state index in [1.807, 2.05) is 0 Å². The Kier molecular flexibility index (Phi) is 8.74. The van der Waals surface area contributed by atoms with Crippen LogP contribution in [0.4, 0.5) is 0 Å². The maximum atomic E-state index is 2.61. The van der Waals surface area contributed by atoms with Crippen molar-refractivity contribution in [3.63, 3.8) is 0 Å². The van der Waals surface area contributed by atoms with E-state index in [4.69, 9.17) is 0 Å². The van der Waals surface area contributed by atoms with Crippen LogP contribution >= 0.6 is 0 Å². The van der Waals surface area contributed by atoms with Gasteiger partial charge in [0.05, 0.1) is 0 Å². The van der Waals surface area contributed by atoms with Gasteiger partial charge < -0.3 is 24.8 Å². The molecule has 0 radical (unpaired) electrons. The second-order valence-corrected chi connectivity index (χ2v) is 23.5. The first-order valence-electron chi connectivity index (χ1n) is 14.8. The molecule has 0 saturated carbocycles. The summed E-state index contributed by atoms with van der Waals surface area (Å²) in [6.07, 6.45) is 7.55. The topological polar surface area (TPSA) is 0 Å². The molecule has 4 aromatic rings. The predicted molar refractivity (Wildman–Crippen MR) is 165 cm³/mol. The van der Waals surface area contributed by atoms with Crippen LogP contribution in [-0.2, 0) is 20.3 Å². The summed E-state index contributed by atoms with van der Waals surface area (Å²) in [6.45, 7) is 9.15. The zero-order valence-corrected chi connectivity index (χ0v) is 28.4. The van der Waals surface area contributed by atoms with Gasteiger partial charge in [-0.25, -0.2) is 0 Å². The molecule has 2 unspecified atom stereocenters. The van der Waals surface area contributed by atoms with Crippen molar-refractivity contribution in [3.8, 4) is 22.3 Å². The molecule has 41 heavy (non-hydrogen) atoms. The molecule has 1 fully saturated rings. The number of allylic oxidation sites excluding steroid dienone is 2. The standard InChI is InChI=1S/2C18H17.C2H4.2ClH.Zr/c2*1-3-14-11-16-5-4-6-17(18(16)12-14)15-9-7-13(2)8-10-15;1-2;;;/h2*4-12H,3H2,1-2H3;1-2H2;2*1H;/q;;;;;+2/p-2. The summed E-state index contributed by atoms with van der Waals surface area (Å²) in [7, 11) is 0. The molecule has 208 valence electrons. The van der Waals surface area contributed by atoms with E-state index in [2.05, 4.69) is 125 Å². The molecule has 0 nitrogen and oxygen atoms in total. The van der Waals surface area contributed by atoms with Gasteiger partial charge in [0.2, 0.25) is 0 Å². The Hall–Kier alpha value is -2.18. The molecule has 3 heteroatoms. The van der Waals surface area contributed by atoms with Gasteiger partial charge in [-0.1, -0.05) is 0 Å². The first-order chi connectivity index (χ1) is 19.0. The first-order valence-corrected chi connectivity index (χ1v) is 21.2. The fraction of sp³-hybridized carbons (Fsp3) is 0.263. The molecule has 0 N–H and O–H groups in total. The minimum absolute atomic E-state index is 0. The fourth-order valence-electron chi connectivity index (χ4n) is 7.76. The maximum Gasteiger partial charge on any atom is -1.00 e. The van der Waals surface area contributed by atoms with E-state index in [1.165, 1.54) is 65.6 Å². The van der Waals surface area contributed by atoms with E-state index in [0.29, 0.717) is 7.25 Å². The van der Waals surface area contributed by atoms with Crippen LogP contribution < -0.4 is 24.8 Å². The summed E-state index contributed by atoms with van der Waals surface area (Å²) in [5, 5.41) is 0. The summed E-state index contributed by atoms with van der Waals surface area (Å²) in [5.74, 6) is 0. The van der Waals surface area contributed by atoms with E-state index >= 15 is 0 Å². The molecular weight excluding hydrogens is 619 g/mol. The van der Waals surface area contributed by atoms with E-state index in [0.717, 1.165) is 0 Å². The molecule has 0 bridgehead atoms. The molecule has 1 saturated heterocycles. The number of aryl methyl sites for hydroxylation is 2. The van der Waals surface area contributed by atoms with Crippen LogP contribution in [0, 0.1) is 13.8 Å². The van der Waals surface area contributed by atoms with Crippen LogP contribution in [0.5, 0.6) is 0 Å². The smallest absolute Gasteiger partial charge is 1.00 e. The summed E-state index contributed by atoms with van der Waals surface area (Å²) < 4.78 is 4.44. The van der Waals surface area contributed by atoms with E-state index in [1.54, 1.807) is 22.3 Å². The molecular formula is C38H38Cl2Zr. The van der Waals surface area contributed by atoms with Gasteiger partial charge in [-0.15, -0.1) is 0 Å². The molecule has 7 rings (SSSR count). The second kappa shape index (κ2) is 11.8. The Morgan fingerprint density at radius 3 is 1.29 bits per heavy atom. The van der Waals surface area contributed by atoms with Crippen molar-refractivity contribution < 1.29 is 45.1 Å². The van der Waals surface area contributed by atoms with Crippen LogP contribution in [0.25, 0.3) is 34.4 Å². The summed E-state index contributed by atoms with van der Waals surface area (Å²) in [5.41, 5.74) is 18.0. The fourth-order valence-corrected chi connectivity index (χ4v) is 25.6. The van der Waals surface area contributed by atoms with Crippen LogP contribution in [-0.4, -0.2) is 0 Å². The van der Waals surface area contributed by atoms with E-state index in [-0.39, 0.29) is 24.8 Å². The molecule has 0 spiro atoms. The van der Waals surface area contributed by atoms with E-state index < -0.39 is 20.3 Å². The zero-order chi connectivity index (χ0) is 26.7. The SMILES string of the molecule is CCC1=Cc2c(-c3ccc(C)cc3)cccc2[CH]1[Zr+2]1([CH]2C(CC)=Cc3c(-c4ccc(C)cc4)cccc32)[CH2][CH2]1.[Cl-].[Cl-]. The first kappa shape index (κ1) is 30.3. The summed E-state index contributed by atoms with van der Waals surface area (Å²) in [6, 6.07) is 32.6. The van der Waals surface area contributed by atoms with Crippen molar-refractivity contribution in [1.29, 1.82) is 0 Å². The van der Waals surface area contributed by atoms with Crippen molar-refractivity contribution in [2.45, 2.75) is 56.0 Å². The zero-order valence-electron chi connectivity index (χ0n) is 24.5. The van der Waals surface area contributed by atoms with Crippen molar-refractivity contribution in [2.75, 3.05) is 0 Å². The van der Waals surface area contributed by atoms with Crippen LogP contribution in [0.3, 0.4) is 0 Å². The Labute approximate surface area is 263 Å². The van der Waals surface area contributed by atoms with Gasteiger partial charge in [0, 0.05) is 0 Å². The average Bonchev–Trinajstić information content (AvgIpc) is 3.49. The molecule has 3 aliphatic rings. The molecule has 2 atom stereocenters. The number of benzene rings is 4. The van der Waals surface area contributed by atoms with Gasteiger partial charge in [-0.05, 0) is 0 Å². The Bertz CT molecular complexity index is 1520. The van der Waals surface area contributed by atoms with Crippen molar-refractivity contribution in [2.24, 2.45) is 0 Å². The monoisotopic (exact) mass is 654 g/mol. The van der Waals surface area contributed by atoms with Crippen molar-refractivity contribution >= 4 is 12.2 Å². The third-order valence-electron chi connectivity index (χ3n) is 9.82. The normalized spacial score (nSPS) is 18.5. The van der Waals surface area contributed by atoms with Crippen molar-refractivity contribution in [1.82, 2.24) is 0 Å². The van der Waals surface area contributed by atoms with E-state index in [9.17, 15) is 0 Å². The van der Waals surface area contributed by atoms with Gasteiger partial charge >= 0.3 is 240 Å². The minimum Gasteiger partial charge on any atom is -1.00 e.